The van der Waals surface area contributed by atoms with Crippen molar-refractivity contribution >= 4 is 11.6 Å². The maximum atomic E-state index is 13.1. The molecule has 0 aromatic heterocycles. The SMILES string of the molecule is CN(C(=O)Cc1cc([N+](=O)[O-])cc(C(F)(F)F)c1)[C@H]1CCCC[C@@H]1N1CCCC1. The first kappa shape index (κ1) is 21.5. The molecular weight excluding hydrogens is 387 g/mol. The molecule has 0 bridgehead atoms. The summed E-state index contributed by atoms with van der Waals surface area (Å²) in [5, 5.41) is 11.0. The van der Waals surface area contributed by atoms with Crippen LogP contribution in [0.1, 0.15) is 49.7 Å². The van der Waals surface area contributed by atoms with Gasteiger partial charge in [0.25, 0.3) is 5.69 Å². The van der Waals surface area contributed by atoms with E-state index in [4.69, 9.17) is 0 Å². The number of carbonyl (C=O) groups excluding carboxylic acids is 1. The zero-order valence-electron chi connectivity index (χ0n) is 16.5. The van der Waals surface area contributed by atoms with Crippen molar-refractivity contribution in [3.63, 3.8) is 0 Å². The van der Waals surface area contributed by atoms with Gasteiger partial charge in [0, 0.05) is 31.3 Å². The minimum Gasteiger partial charge on any atom is -0.341 e. The number of nitro benzene ring substituents is 1. The van der Waals surface area contributed by atoms with E-state index in [1.807, 2.05) is 0 Å². The lowest BCUT2D eigenvalue weighted by molar-refractivity contribution is -0.385. The molecule has 1 aliphatic heterocycles. The number of hydrogen-bond donors (Lipinski definition) is 0. The Kier molecular flexibility index (Phi) is 6.45. The van der Waals surface area contributed by atoms with E-state index in [1.165, 1.54) is 0 Å². The summed E-state index contributed by atoms with van der Waals surface area (Å²) in [4.78, 5) is 27.1. The van der Waals surface area contributed by atoms with Crippen LogP contribution in [0.2, 0.25) is 0 Å². The summed E-state index contributed by atoms with van der Waals surface area (Å²) in [5.41, 5.74) is -1.75. The van der Waals surface area contributed by atoms with Crippen molar-refractivity contribution in [2.75, 3.05) is 20.1 Å². The lowest BCUT2D eigenvalue weighted by atomic mass is 9.88. The molecule has 1 aromatic carbocycles. The van der Waals surface area contributed by atoms with E-state index >= 15 is 0 Å². The number of nitro groups is 1. The number of likely N-dealkylation sites (tertiary alicyclic amines) is 1. The number of rotatable bonds is 5. The second-order valence-electron chi connectivity index (χ2n) is 7.99. The van der Waals surface area contributed by atoms with Gasteiger partial charge in [-0.3, -0.25) is 19.8 Å². The smallest absolute Gasteiger partial charge is 0.341 e. The maximum Gasteiger partial charge on any atom is 0.416 e. The molecule has 2 fully saturated rings. The molecule has 0 spiro atoms. The minimum atomic E-state index is -4.71. The molecule has 0 radical (unpaired) electrons. The molecule has 29 heavy (non-hydrogen) atoms. The van der Waals surface area contributed by atoms with Gasteiger partial charge in [-0.1, -0.05) is 12.8 Å². The third kappa shape index (κ3) is 5.07. The van der Waals surface area contributed by atoms with Crippen LogP contribution in [0.3, 0.4) is 0 Å². The van der Waals surface area contributed by atoms with E-state index in [0.29, 0.717) is 6.07 Å². The number of hydrogen-bond acceptors (Lipinski definition) is 4. The highest BCUT2D eigenvalue weighted by Gasteiger charge is 2.36. The Labute approximate surface area is 167 Å². The monoisotopic (exact) mass is 413 g/mol. The summed E-state index contributed by atoms with van der Waals surface area (Å²) in [7, 11) is 1.70. The van der Waals surface area contributed by atoms with Gasteiger partial charge in [0.05, 0.1) is 16.9 Å². The van der Waals surface area contributed by atoms with Crippen molar-refractivity contribution in [3.8, 4) is 0 Å². The highest BCUT2D eigenvalue weighted by atomic mass is 19.4. The molecule has 1 aromatic rings. The molecule has 6 nitrogen and oxygen atoms in total. The van der Waals surface area contributed by atoms with Crippen molar-refractivity contribution in [2.45, 2.75) is 63.2 Å². The third-order valence-electron chi connectivity index (χ3n) is 6.07. The van der Waals surface area contributed by atoms with Crippen molar-refractivity contribution in [1.82, 2.24) is 9.80 Å². The normalized spacial score (nSPS) is 23.2. The molecule has 2 aliphatic rings. The fraction of sp³-hybridized carbons (Fsp3) is 0.650. The number of non-ortho nitro benzene ring substituents is 1. The third-order valence-corrected chi connectivity index (χ3v) is 6.07. The van der Waals surface area contributed by atoms with Crippen LogP contribution in [0, 0.1) is 10.1 Å². The van der Waals surface area contributed by atoms with Crippen LogP contribution in [0.4, 0.5) is 18.9 Å². The van der Waals surface area contributed by atoms with Crippen LogP contribution in [0.5, 0.6) is 0 Å². The lowest BCUT2D eigenvalue weighted by Crippen LogP contribution is -2.53. The van der Waals surface area contributed by atoms with Gasteiger partial charge in [0.2, 0.25) is 5.91 Å². The van der Waals surface area contributed by atoms with E-state index < -0.39 is 22.4 Å². The van der Waals surface area contributed by atoms with E-state index in [2.05, 4.69) is 4.90 Å². The zero-order valence-corrected chi connectivity index (χ0v) is 16.5. The molecule has 3 rings (SSSR count). The molecule has 1 saturated carbocycles. The highest BCUT2D eigenvalue weighted by molar-refractivity contribution is 5.79. The predicted octanol–water partition coefficient (Wildman–Crippen LogP) is 4.02. The minimum absolute atomic E-state index is 0.0110. The fourth-order valence-corrected chi connectivity index (χ4v) is 4.57. The van der Waals surface area contributed by atoms with Crippen molar-refractivity contribution < 1.29 is 22.9 Å². The van der Waals surface area contributed by atoms with Crippen molar-refractivity contribution in [1.29, 1.82) is 0 Å². The van der Waals surface area contributed by atoms with E-state index in [1.54, 1.807) is 11.9 Å². The first-order valence-electron chi connectivity index (χ1n) is 10.0. The van der Waals surface area contributed by atoms with Crippen LogP contribution in [0.15, 0.2) is 18.2 Å². The van der Waals surface area contributed by atoms with Gasteiger partial charge < -0.3 is 4.90 Å². The Morgan fingerprint density at radius 1 is 1.17 bits per heavy atom. The maximum absolute atomic E-state index is 13.1. The second kappa shape index (κ2) is 8.69. The Morgan fingerprint density at radius 3 is 2.45 bits per heavy atom. The van der Waals surface area contributed by atoms with Gasteiger partial charge in [-0.05, 0) is 50.4 Å². The summed E-state index contributed by atoms with van der Waals surface area (Å²) in [6.45, 7) is 2.03. The standard InChI is InChI=1S/C20H26F3N3O3/c1-24(17-6-2-3-7-18(17)25-8-4-5-9-25)19(27)12-14-10-15(20(21,22)23)13-16(11-14)26(28)29/h10-11,13,17-18H,2-9,12H2,1H3/t17-,18-/m0/s1. The summed E-state index contributed by atoms with van der Waals surface area (Å²) >= 11 is 0. The van der Waals surface area contributed by atoms with Gasteiger partial charge in [-0.15, -0.1) is 0 Å². The van der Waals surface area contributed by atoms with Crippen LogP contribution in [-0.4, -0.2) is 52.9 Å². The quantitative estimate of drug-likeness (QED) is 0.540. The van der Waals surface area contributed by atoms with E-state index in [0.717, 1.165) is 63.7 Å². The number of likely N-dealkylation sites (N-methyl/N-ethyl adjacent to an activating group) is 1. The van der Waals surface area contributed by atoms with Gasteiger partial charge >= 0.3 is 6.18 Å². The molecule has 9 heteroatoms. The Morgan fingerprint density at radius 2 is 1.83 bits per heavy atom. The second-order valence-corrected chi connectivity index (χ2v) is 7.99. The van der Waals surface area contributed by atoms with Gasteiger partial charge in [-0.2, -0.15) is 13.2 Å². The predicted molar refractivity (Wildman–Crippen MR) is 101 cm³/mol. The zero-order chi connectivity index (χ0) is 21.2. The van der Waals surface area contributed by atoms with Gasteiger partial charge in [0.15, 0.2) is 0 Å². The molecule has 160 valence electrons. The van der Waals surface area contributed by atoms with Crippen LogP contribution in [-0.2, 0) is 17.4 Å². The largest absolute Gasteiger partial charge is 0.416 e. The lowest BCUT2D eigenvalue weighted by Gasteiger charge is -2.42. The summed E-state index contributed by atoms with van der Waals surface area (Å²) in [6, 6.07) is 2.69. The van der Waals surface area contributed by atoms with Crippen LogP contribution in [0.25, 0.3) is 0 Å². The molecule has 0 N–H and O–H groups in total. The first-order valence-corrected chi connectivity index (χ1v) is 10.0. The number of alkyl halides is 3. The Balaban J connectivity index is 1.77. The Bertz CT molecular complexity index is 763. The molecule has 2 atom stereocenters. The molecule has 1 heterocycles. The van der Waals surface area contributed by atoms with Crippen LogP contribution >= 0.6 is 0 Å². The first-order chi connectivity index (χ1) is 13.7. The number of carbonyl (C=O) groups is 1. The summed E-state index contributed by atoms with van der Waals surface area (Å²) in [6.07, 6.45) is 1.30. The number of benzene rings is 1. The number of amides is 1. The average molecular weight is 413 g/mol. The Hall–Kier alpha value is -2.16. The van der Waals surface area contributed by atoms with E-state index in [9.17, 15) is 28.1 Å². The fourth-order valence-electron chi connectivity index (χ4n) is 4.57. The average Bonchev–Trinajstić information content (AvgIpc) is 3.21. The molecular formula is C20H26F3N3O3. The molecule has 1 amide bonds. The van der Waals surface area contributed by atoms with Crippen molar-refractivity contribution in [3.05, 3.63) is 39.4 Å². The topological polar surface area (TPSA) is 66.7 Å². The molecule has 1 saturated heterocycles. The summed E-state index contributed by atoms with van der Waals surface area (Å²) in [5.74, 6) is -0.310. The van der Waals surface area contributed by atoms with Gasteiger partial charge in [0.1, 0.15) is 0 Å². The molecule has 1 aliphatic carbocycles. The molecule has 0 unspecified atom stereocenters. The van der Waals surface area contributed by atoms with E-state index in [-0.39, 0.29) is 30.0 Å². The van der Waals surface area contributed by atoms with Gasteiger partial charge in [-0.25, -0.2) is 0 Å². The summed E-state index contributed by atoms with van der Waals surface area (Å²) < 4.78 is 39.3. The highest BCUT2D eigenvalue weighted by Crippen LogP contribution is 2.33. The van der Waals surface area contributed by atoms with Crippen LogP contribution < -0.4 is 0 Å². The number of nitrogens with zero attached hydrogens (tertiary/aromatic N) is 3. The van der Waals surface area contributed by atoms with Crippen molar-refractivity contribution in [2.24, 2.45) is 0 Å². The number of halogens is 3.